The SMILES string of the molecule is CCN(CC)c1ncc(CNc2ccnc(C(=O)N(C)C)c2)s1. The van der Waals surface area contributed by atoms with Gasteiger partial charge in [-0.05, 0) is 26.0 Å². The molecule has 2 aromatic heterocycles. The predicted octanol–water partition coefficient (Wildman–Crippen LogP) is 2.70. The maximum absolute atomic E-state index is 11.9. The summed E-state index contributed by atoms with van der Waals surface area (Å²) >= 11 is 1.69. The summed E-state index contributed by atoms with van der Waals surface area (Å²) < 4.78 is 0. The molecule has 0 fully saturated rings. The van der Waals surface area contributed by atoms with Crippen LogP contribution in [0, 0.1) is 0 Å². The van der Waals surface area contributed by atoms with Crippen molar-refractivity contribution in [3.8, 4) is 0 Å². The Morgan fingerprint density at radius 3 is 2.65 bits per heavy atom. The molecular formula is C16H23N5OS. The van der Waals surface area contributed by atoms with E-state index in [1.165, 1.54) is 4.90 Å². The molecule has 0 aromatic carbocycles. The van der Waals surface area contributed by atoms with Gasteiger partial charge in [-0.1, -0.05) is 0 Å². The fourth-order valence-electron chi connectivity index (χ4n) is 2.09. The first kappa shape index (κ1) is 17.2. The minimum atomic E-state index is -0.102. The number of rotatable bonds is 7. The smallest absolute Gasteiger partial charge is 0.272 e. The number of hydrogen-bond acceptors (Lipinski definition) is 6. The number of nitrogens with one attached hydrogen (secondary N) is 1. The van der Waals surface area contributed by atoms with Gasteiger partial charge in [-0.2, -0.15) is 0 Å². The fourth-order valence-corrected chi connectivity index (χ4v) is 3.07. The number of thiazole rings is 1. The number of hydrogen-bond donors (Lipinski definition) is 1. The van der Waals surface area contributed by atoms with Crippen LogP contribution in [0.2, 0.25) is 0 Å². The first-order valence-electron chi connectivity index (χ1n) is 7.66. The Bertz CT molecular complexity index is 651. The highest BCUT2D eigenvalue weighted by Crippen LogP contribution is 2.23. The maximum atomic E-state index is 11.9. The molecule has 23 heavy (non-hydrogen) atoms. The van der Waals surface area contributed by atoms with Gasteiger partial charge in [0.1, 0.15) is 5.69 Å². The lowest BCUT2D eigenvalue weighted by molar-refractivity contribution is 0.0822. The lowest BCUT2D eigenvalue weighted by Gasteiger charge is -2.16. The molecule has 1 N–H and O–H groups in total. The number of anilines is 2. The van der Waals surface area contributed by atoms with Gasteiger partial charge in [0.15, 0.2) is 5.13 Å². The van der Waals surface area contributed by atoms with Crippen LogP contribution in [0.1, 0.15) is 29.2 Å². The third-order valence-electron chi connectivity index (χ3n) is 3.43. The Balaban J connectivity index is 2.01. The molecule has 0 saturated carbocycles. The summed E-state index contributed by atoms with van der Waals surface area (Å²) in [4.78, 5) is 25.4. The molecule has 0 spiro atoms. The van der Waals surface area contributed by atoms with Gasteiger partial charge in [-0.3, -0.25) is 9.78 Å². The summed E-state index contributed by atoms with van der Waals surface area (Å²) in [6.45, 7) is 6.85. The third kappa shape index (κ3) is 4.41. The van der Waals surface area contributed by atoms with Crippen LogP contribution in [0.3, 0.4) is 0 Å². The van der Waals surface area contributed by atoms with E-state index < -0.39 is 0 Å². The van der Waals surface area contributed by atoms with Crippen molar-refractivity contribution in [1.82, 2.24) is 14.9 Å². The van der Waals surface area contributed by atoms with Crippen LogP contribution in [0.25, 0.3) is 0 Å². The molecular weight excluding hydrogens is 310 g/mol. The van der Waals surface area contributed by atoms with Gasteiger partial charge in [0.2, 0.25) is 0 Å². The normalized spacial score (nSPS) is 10.4. The zero-order valence-electron chi connectivity index (χ0n) is 14.0. The molecule has 2 heterocycles. The van der Waals surface area contributed by atoms with Gasteiger partial charge in [0.05, 0.1) is 6.54 Å². The molecule has 124 valence electrons. The number of amides is 1. The van der Waals surface area contributed by atoms with Crippen LogP contribution in [-0.4, -0.2) is 48.0 Å². The first-order chi connectivity index (χ1) is 11.0. The topological polar surface area (TPSA) is 61.4 Å². The lowest BCUT2D eigenvalue weighted by Crippen LogP contribution is -2.22. The lowest BCUT2D eigenvalue weighted by atomic mass is 10.3. The van der Waals surface area contributed by atoms with Crippen molar-refractivity contribution in [1.29, 1.82) is 0 Å². The summed E-state index contributed by atoms with van der Waals surface area (Å²) in [5.74, 6) is -0.102. The summed E-state index contributed by atoms with van der Waals surface area (Å²) in [6.07, 6.45) is 3.55. The van der Waals surface area contributed by atoms with E-state index in [4.69, 9.17) is 0 Å². The molecule has 6 nitrogen and oxygen atoms in total. The molecule has 0 saturated heterocycles. The molecule has 2 aromatic rings. The second kappa shape index (κ2) is 7.92. The highest BCUT2D eigenvalue weighted by molar-refractivity contribution is 7.15. The van der Waals surface area contributed by atoms with Gasteiger partial charge in [0, 0.05) is 50.1 Å². The molecule has 7 heteroatoms. The summed E-state index contributed by atoms with van der Waals surface area (Å²) in [6, 6.07) is 3.63. The molecule has 2 rings (SSSR count). The van der Waals surface area contributed by atoms with E-state index in [0.717, 1.165) is 28.8 Å². The van der Waals surface area contributed by atoms with Crippen molar-refractivity contribution in [3.05, 3.63) is 35.1 Å². The van der Waals surface area contributed by atoms with Gasteiger partial charge >= 0.3 is 0 Å². The number of pyridine rings is 1. The van der Waals surface area contributed by atoms with E-state index in [-0.39, 0.29) is 5.91 Å². The highest BCUT2D eigenvalue weighted by atomic mass is 32.1. The molecule has 0 aliphatic rings. The summed E-state index contributed by atoms with van der Waals surface area (Å²) in [5.41, 5.74) is 1.32. The summed E-state index contributed by atoms with van der Waals surface area (Å²) in [5, 5.41) is 4.37. The van der Waals surface area contributed by atoms with Crippen molar-refractivity contribution < 1.29 is 4.79 Å². The van der Waals surface area contributed by atoms with Crippen LogP contribution in [0.5, 0.6) is 0 Å². The van der Waals surface area contributed by atoms with E-state index in [1.54, 1.807) is 37.7 Å². The third-order valence-corrected chi connectivity index (χ3v) is 4.49. The monoisotopic (exact) mass is 333 g/mol. The molecule has 0 aliphatic heterocycles. The van der Waals surface area contributed by atoms with E-state index in [2.05, 4.69) is 34.0 Å². The quantitative estimate of drug-likeness (QED) is 0.844. The van der Waals surface area contributed by atoms with Gasteiger partial charge < -0.3 is 15.1 Å². The fraction of sp³-hybridized carbons (Fsp3) is 0.438. The second-order valence-corrected chi connectivity index (χ2v) is 6.36. The predicted molar refractivity (Wildman–Crippen MR) is 95.3 cm³/mol. The number of nitrogens with zero attached hydrogens (tertiary/aromatic N) is 4. The summed E-state index contributed by atoms with van der Waals surface area (Å²) in [7, 11) is 3.44. The maximum Gasteiger partial charge on any atom is 0.272 e. The molecule has 1 amide bonds. The van der Waals surface area contributed by atoms with Crippen LogP contribution in [0.4, 0.5) is 10.8 Å². The Kier molecular flexibility index (Phi) is 5.92. The number of carbonyl (C=O) groups is 1. The second-order valence-electron chi connectivity index (χ2n) is 5.26. The van der Waals surface area contributed by atoms with Crippen LogP contribution >= 0.6 is 11.3 Å². The largest absolute Gasteiger partial charge is 0.380 e. The number of carbonyl (C=O) groups excluding carboxylic acids is 1. The standard InChI is InChI=1S/C16H23N5OS/c1-5-21(6-2)16-19-11-13(23-16)10-18-12-7-8-17-14(9-12)15(22)20(3)4/h7-9,11H,5-6,10H2,1-4H3,(H,17,18). The minimum Gasteiger partial charge on any atom is -0.380 e. The molecule has 0 atom stereocenters. The zero-order valence-corrected chi connectivity index (χ0v) is 14.9. The van der Waals surface area contributed by atoms with Gasteiger partial charge in [0.25, 0.3) is 5.91 Å². The van der Waals surface area contributed by atoms with E-state index in [9.17, 15) is 4.79 Å². The number of aromatic nitrogens is 2. The van der Waals surface area contributed by atoms with Crippen molar-refractivity contribution in [2.45, 2.75) is 20.4 Å². The molecule has 0 unspecified atom stereocenters. The first-order valence-corrected chi connectivity index (χ1v) is 8.48. The molecule has 0 aliphatic carbocycles. The van der Waals surface area contributed by atoms with Crippen LogP contribution < -0.4 is 10.2 Å². The Hall–Kier alpha value is -2.15. The molecule has 0 radical (unpaired) electrons. The van der Waals surface area contributed by atoms with Crippen molar-refractivity contribution in [2.24, 2.45) is 0 Å². The van der Waals surface area contributed by atoms with E-state index in [0.29, 0.717) is 12.2 Å². The zero-order chi connectivity index (χ0) is 16.8. The Morgan fingerprint density at radius 1 is 1.26 bits per heavy atom. The van der Waals surface area contributed by atoms with Crippen LogP contribution in [-0.2, 0) is 6.54 Å². The average Bonchev–Trinajstić information content (AvgIpc) is 3.02. The Morgan fingerprint density at radius 2 is 2.00 bits per heavy atom. The van der Waals surface area contributed by atoms with E-state index >= 15 is 0 Å². The van der Waals surface area contributed by atoms with Crippen molar-refractivity contribution in [2.75, 3.05) is 37.4 Å². The van der Waals surface area contributed by atoms with Gasteiger partial charge in [-0.15, -0.1) is 11.3 Å². The Labute approximate surface area is 141 Å². The van der Waals surface area contributed by atoms with Crippen molar-refractivity contribution in [3.63, 3.8) is 0 Å². The minimum absolute atomic E-state index is 0.102. The van der Waals surface area contributed by atoms with E-state index in [1.807, 2.05) is 12.3 Å². The molecule has 0 bridgehead atoms. The highest BCUT2D eigenvalue weighted by Gasteiger charge is 2.11. The van der Waals surface area contributed by atoms with Gasteiger partial charge in [-0.25, -0.2) is 4.98 Å². The van der Waals surface area contributed by atoms with Crippen LogP contribution in [0.15, 0.2) is 24.5 Å². The van der Waals surface area contributed by atoms with Crippen molar-refractivity contribution >= 4 is 28.1 Å². The average molecular weight is 333 g/mol.